The Kier molecular flexibility index (Phi) is 8.63. The lowest BCUT2D eigenvalue weighted by Gasteiger charge is -2.38. The van der Waals surface area contributed by atoms with E-state index < -0.39 is 29.6 Å². The zero-order chi connectivity index (χ0) is 29.5. The second kappa shape index (κ2) is 11.9. The first-order valence-electron chi connectivity index (χ1n) is 15.5. The molecule has 1 saturated carbocycles. The van der Waals surface area contributed by atoms with Crippen LogP contribution in [0.3, 0.4) is 0 Å². The molecule has 0 aromatic heterocycles. The summed E-state index contributed by atoms with van der Waals surface area (Å²) in [5.74, 6) is -0.835. The number of nitrogens with one attached hydrogen (secondary N) is 2. The number of fused-ring (bicyclic) bond motifs is 1. The molecule has 3 fully saturated rings. The summed E-state index contributed by atoms with van der Waals surface area (Å²) in [5.41, 5.74) is 0.715. The van der Waals surface area contributed by atoms with E-state index in [1.165, 1.54) is 5.56 Å². The lowest BCUT2D eigenvalue weighted by molar-refractivity contribution is -0.142. The van der Waals surface area contributed by atoms with Crippen molar-refractivity contribution < 1.29 is 23.9 Å². The molecule has 1 spiro atoms. The van der Waals surface area contributed by atoms with Crippen LogP contribution in [0.5, 0.6) is 0 Å². The van der Waals surface area contributed by atoms with Crippen LogP contribution in [-0.2, 0) is 23.9 Å². The number of rotatable bonds is 10. The number of likely N-dealkylation sites (tertiary alicyclic amines) is 1. The van der Waals surface area contributed by atoms with Crippen LogP contribution in [-0.4, -0.2) is 65.7 Å². The standard InChI is InChI=1S/C33H47N3O5/c1-19(2)23-11-13-24(14-12-23)34-30(37)27-26-15-16-33(41-26)28(27)32(39)36(17-8-18-40-20(3)4)29(33)31(38)35-25-10-7-9-21(5)22(25)6/h11-16,19-22,25-29H,7-10,17-18H2,1-6H3,(H,34,37)(H,35,38)/t21-,22-,25+,26+,27+,28+,29-,33-/m0/s1. The van der Waals surface area contributed by atoms with Crippen LogP contribution >= 0.6 is 0 Å². The Morgan fingerprint density at radius 1 is 1.10 bits per heavy atom. The Morgan fingerprint density at radius 2 is 1.83 bits per heavy atom. The second-order valence-corrected chi connectivity index (χ2v) is 13.2. The second-order valence-electron chi connectivity index (χ2n) is 13.2. The highest BCUT2D eigenvalue weighted by atomic mass is 16.5. The first kappa shape index (κ1) is 29.8. The van der Waals surface area contributed by atoms with Gasteiger partial charge in [0.05, 0.1) is 24.0 Å². The Balaban J connectivity index is 1.39. The highest BCUT2D eigenvalue weighted by molar-refractivity contribution is 6.02. The van der Waals surface area contributed by atoms with Gasteiger partial charge in [-0.15, -0.1) is 0 Å². The van der Waals surface area contributed by atoms with Crippen molar-refractivity contribution in [2.45, 2.75) is 103 Å². The van der Waals surface area contributed by atoms with Gasteiger partial charge in [0.2, 0.25) is 17.7 Å². The van der Waals surface area contributed by atoms with Gasteiger partial charge in [0, 0.05) is 24.9 Å². The van der Waals surface area contributed by atoms with Gasteiger partial charge >= 0.3 is 0 Å². The Morgan fingerprint density at radius 3 is 2.51 bits per heavy atom. The number of hydrogen-bond donors (Lipinski definition) is 2. The maximum atomic E-state index is 14.1. The fourth-order valence-corrected chi connectivity index (χ4v) is 7.29. The predicted octanol–water partition coefficient (Wildman–Crippen LogP) is 4.66. The Bertz CT molecular complexity index is 1160. The molecule has 224 valence electrons. The van der Waals surface area contributed by atoms with Gasteiger partial charge in [-0.05, 0) is 62.1 Å². The maximum absolute atomic E-state index is 14.1. The predicted molar refractivity (Wildman–Crippen MR) is 158 cm³/mol. The first-order chi connectivity index (χ1) is 19.5. The molecule has 2 saturated heterocycles. The Labute approximate surface area is 244 Å². The number of nitrogens with zero attached hydrogens (tertiary/aromatic N) is 1. The number of amides is 3. The first-order valence-corrected chi connectivity index (χ1v) is 15.5. The van der Waals surface area contributed by atoms with E-state index in [4.69, 9.17) is 9.47 Å². The van der Waals surface area contributed by atoms with Crippen molar-refractivity contribution in [1.82, 2.24) is 10.2 Å². The van der Waals surface area contributed by atoms with Crippen molar-refractivity contribution in [3.8, 4) is 0 Å². The number of benzene rings is 1. The molecule has 1 aromatic carbocycles. The van der Waals surface area contributed by atoms with E-state index in [2.05, 4.69) is 38.3 Å². The number of ether oxygens (including phenoxy) is 2. The summed E-state index contributed by atoms with van der Waals surface area (Å²) in [5, 5.41) is 6.33. The van der Waals surface area contributed by atoms with Gasteiger partial charge in [-0.3, -0.25) is 14.4 Å². The maximum Gasteiger partial charge on any atom is 0.246 e. The molecule has 3 aliphatic heterocycles. The van der Waals surface area contributed by atoms with Crippen molar-refractivity contribution in [2.75, 3.05) is 18.5 Å². The third-order valence-corrected chi connectivity index (χ3v) is 9.80. The van der Waals surface area contributed by atoms with Gasteiger partial charge in [-0.1, -0.05) is 64.8 Å². The third-order valence-electron chi connectivity index (χ3n) is 9.80. The van der Waals surface area contributed by atoms with Crippen LogP contribution in [0.1, 0.15) is 78.7 Å². The lowest BCUT2D eigenvalue weighted by Crippen LogP contribution is -2.58. The van der Waals surface area contributed by atoms with E-state index in [0.717, 1.165) is 19.3 Å². The van der Waals surface area contributed by atoms with Crippen LogP contribution < -0.4 is 10.6 Å². The fourth-order valence-electron chi connectivity index (χ4n) is 7.29. The summed E-state index contributed by atoms with van der Waals surface area (Å²) in [6, 6.07) is 7.04. The minimum Gasteiger partial charge on any atom is -0.379 e. The molecule has 0 radical (unpaired) electrons. The monoisotopic (exact) mass is 565 g/mol. The molecule has 2 bridgehead atoms. The van der Waals surface area contributed by atoms with Crippen LogP contribution in [0.25, 0.3) is 0 Å². The highest BCUT2D eigenvalue weighted by Gasteiger charge is 2.72. The molecule has 0 unspecified atom stereocenters. The molecule has 2 N–H and O–H groups in total. The van der Waals surface area contributed by atoms with Crippen molar-refractivity contribution >= 4 is 23.4 Å². The zero-order valence-corrected chi connectivity index (χ0v) is 25.4. The van der Waals surface area contributed by atoms with Gasteiger partial charge in [0.15, 0.2) is 0 Å². The molecule has 4 aliphatic rings. The lowest BCUT2D eigenvalue weighted by atomic mass is 9.73. The average Bonchev–Trinajstić information content (AvgIpc) is 3.57. The zero-order valence-electron chi connectivity index (χ0n) is 25.4. The van der Waals surface area contributed by atoms with Gasteiger partial charge in [0.25, 0.3) is 0 Å². The largest absolute Gasteiger partial charge is 0.379 e. The smallest absolute Gasteiger partial charge is 0.246 e. The summed E-state index contributed by atoms with van der Waals surface area (Å²) in [6.07, 6.45) is 7.04. The van der Waals surface area contributed by atoms with Crippen molar-refractivity contribution in [1.29, 1.82) is 0 Å². The number of anilines is 1. The minimum atomic E-state index is -1.15. The van der Waals surface area contributed by atoms with E-state index in [9.17, 15) is 14.4 Å². The van der Waals surface area contributed by atoms with Crippen LogP contribution in [0.15, 0.2) is 36.4 Å². The van der Waals surface area contributed by atoms with Crippen molar-refractivity contribution in [3.05, 3.63) is 42.0 Å². The average molecular weight is 566 g/mol. The molecule has 8 nitrogen and oxygen atoms in total. The normalized spacial score (nSPS) is 34.0. The molecule has 8 heteroatoms. The molecule has 41 heavy (non-hydrogen) atoms. The SMILES string of the molecule is CC(C)OCCCN1C(=O)[C@H]2[C@H](C(=O)Nc3ccc(C(C)C)cc3)[C@H]3C=C[C@@]2(O3)[C@@H]1C(=O)N[C@@H]1CCC[C@H](C)[C@@H]1C. The number of carbonyl (C=O) groups is 3. The quantitative estimate of drug-likeness (QED) is 0.318. The molecule has 1 aliphatic carbocycles. The van der Waals surface area contributed by atoms with Gasteiger partial charge in [-0.2, -0.15) is 0 Å². The van der Waals surface area contributed by atoms with Crippen LogP contribution in [0, 0.1) is 23.7 Å². The third kappa shape index (κ3) is 5.57. The summed E-state index contributed by atoms with van der Waals surface area (Å²) < 4.78 is 12.2. The van der Waals surface area contributed by atoms with E-state index in [-0.39, 0.29) is 29.9 Å². The van der Waals surface area contributed by atoms with E-state index in [0.29, 0.717) is 43.0 Å². The summed E-state index contributed by atoms with van der Waals surface area (Å²) in [7, 11) is 0. The van der Waals surface area contributed by atoms with Gasteiger partial charge in [-0.25, -0.2) is 0 Å². The van der Waals surface area contributed by atoms with Crippen LogP contribution in [0.2, 0.25) is 0 Å². The van der Waals surface area contributed by atoms with E-state index in [1.807, 2.05) is 50.3 Å². The highest BCUT2D eigenvalue weighted by Crippen LogP contribution is 2.55. The van der Waals surface area contributed by atoms with Crippen molar-refractivity contribution in [3.63, 3.8) is 0 Å². The molecular weight excluding hydrogens is 518 g/mol. The number of hydrogen-bond acceptors (Lipinski definition) is 5. The molecule has 8 atom stereocenters. The molecule has 3 heterocycles. The van der Waals surface area contributed by atoms with Crippen LogP contribution in [0.4, 0.5) is 5.69 Å². The molecule has 1 aromatic rings. The fraction of sp³-hybridized carbons (Fsp3) is 0.667. The topological polar surface area (TPSA) is 97.0 Å². The summed E-state index contributed by atoms with van der Waals surface area (Å²) >= 11 is 0. The Hall–Kier alpha value is -2.71. The molecule has 5 rings (SSSR count). The van der Waals surface area contributed by atoms with Gasteiger partial charge in [0.1, 0.15) is 11.6 Å². The van der Waals surface area contributed by atoms with Crippen molar-refractivity contribution in [2.24, 2.45) is 23.7 Å². The summed E-state index contributed by atoms with van der Waals surface area (Å²) in [6.45, 7) is 13.5. The molecule has 3 amide bonds. The van der Waals surface area contributed by atoms with E-state index in [1.54, 1.807) is 4.90 Å². The number of carbonyl (C=O) groups excluding carboxylic acids is 3. The van der Waals surface area contributed by atoms with E-state index >= 15 is 0 Å². The minimum absolute atomic E-state index is 0.0541. The summed E-state index contributed by atoms with van der Waals surface area (Å²) in [4.78, 5) is 43.6. The van der Waals surface area contributed by atoms with Gasteiger partial charge < -0.3 is 25.0 Å². The molecular formula is C33H47N3O5.